The second-order valence-corrected chi connectivity index (χ2v) is 14.8. The number of ether oxygens (including phenoxy) is 1. The molecule has 6 heteroatoms. The summed E-state index contributed by atoms with van der Waals surface area (Å²) in [5, 5.41) is 12.2. The molecule has 2 unspecified atom stereocenters. The molecule has 2 aliphatic heterocycles. The van der Waals surface area contributed by atoms with Crippen LogP contribution in [0.5, 0.6) is 0 Å². The lowest BCUT2D eigenvalue weighted by molar-refractivity contribution is -0.205. The second-order valence-electron chi connectivity index (χ2n) is 13.5. The third-order valence-corrected chi connectivity index (χ3v) is 13.3. The van der Waals surface area contributed by atoms with Crippen molar-refractivity contribution in [2.75, 3.05) is 12.8 Å². The van der Waals surface area contributed by atoms with Crippen molar-refractivity contribution in [1.29, 1.82) is 0 Å². The fourth-order valence-corrected chi connectivity index (χ4v) is 10.5. The van der Waals surface area contributed by atoms with E-state index in [1.165, 1.54) is 12.8 Å². The second kappa shape index (κ2) is 9.41. The summed E-state index contributed by atoms with van der Waals surface area (Å²) in [5.74, 6) is 0.605. The number of aliphatic hydroxyl groups is 1. The Kier molecular flexibility index (Phi) is 6.99. The van der Waals surface area contributed by atoms with Crippen LogP contribution in [0.15, 0.2) is 12.7 Å². The van der Waals surface area contributed by atoms with E-state index in [4.69, 9.17) is 4.74 Å². The number of aliphatic hydroxyl groups excluding tert-OH is 1. The van der Waals surface area contributed by atoms with Crippen LogP contribution >= 0.6 is 11.8 Å². The lowest BCUT2D eigenvalue weighted by Gasteiger charge is -2.61. The molecule has 5 nitrogen and oxygen atoms in total. The SMILES string of the molecule is C=C[C@]1(C)C[C@@H](OC(=O)CSC2C[C@H]3CC[C@@H](C2)N3C)C2(C)[C@H](C)CC[C@]3(CCC(=O)[C@@H]23)[C@@H](C)[C@@H]1O. The number of carbonyl (C=O) groups excluding carboxylic acids is 2. The van der Waals surface area contributed by atoms with E-state index in [0.717, 1.165) is 32.1 Å². The topological polar surface area (TPSA) is 66.8 Å². The van der Waals surface area contributed by atoms with Gasteiger partial charge in [-0.15, -0.1) is 18.3 Å². The van der Waals surface area contributed by atoms with Crippen LogP contribution < -0.4 is 0 Å². The first kappa shape index (κ1) is 26.7. The highest BCUT2D eigenvalue weighted by Crippen LogP contribution is 2.68. The van der Waals surface area contributed by atoms with E-state index in [0.29, 0.717) is 41.7 Å². The number of ketones is 1. The van der Waals surface area contributed by atoms with Crippen LogP contribution in [-0.4, -0.2) is 64.1 Å². The van der Waals surface area contributed by atoms with Gasteiger partial charge in [0.05, 0.1) is 11.9 Å². The largest absolute Gasteiger partial charge is 0.461 e. The van der Waals surface area contributed by atoms with Gasteiger partial charge in [0, 0.05) is 40.5 Å². The zero-order chi connectivity index (χ0) is 26.0. The molecule has 2 heterocycles. The van der Waals surface area contributed by atoms with E-state index in [9.17, 15) is 14.7 Å². The van der Waals surface area contributed by atoms with Crippen LogP contribution in [0.4, 0.5) is 0 Å². The zero-order valence-electron chi connectivity index (χ0n) is 23.0. The van der Waals surface area contributed by atoms with Gasteiger partial charge in [0.25, 0.3) is 0 Å². The highest BCUT2D eigenvalue weighted by atomic mass is 32.2. The predicted octanol–water partition coefficient (Wildman–Crippen LogP) is 5.25. The van der Waals surface area contributed by atoms with Gasteiger partial charge in [0.2, 0.25) is 0 Å². The number of piperidine rings is 1. The zero-order valence-corrected chi connectivity index (χ0v) is 23.8. The molecule has 36 heavy (non-hydrogen) atoms. The number of esters is 1. The lowest BCUT2D eigenvalue weighted by Crippen LogP contribution is -2.63. The smallest absolute Gasteiger partial charge is 0.316 e. The molecule has 3 aliphatic carbocycles. The van der Waals surface area contributed by atoms with Gasteiger partial charge in [-0.1, -0.05) is 33.8 Å². The average molecular weight is 518 g/mol. The van der Waals surface area contributed by atoms with E-state index >= 15 is 0 Å². The van der Waals surface area contributed by atoms with Gasteiger partial charge in [0.1, 0.15) is 11.9 Å². The molecule has 202 valence electrons. The molecule has 4 bridgehead atoms. The first-order chi connectivity index (χ1) is 17.0. The highest BCUT2D eigenvalue weighted by Gasteiger charge is 2.68. The summed E-state index contributed by atoms with van der Waals surface area (Å²) in [5.41, 5.74) is -1.24. The van der Waals surface area contributed by atoms with Crippen LogP contribution in [0.1, 0.15) is 85.5 Å². The monoisotopic (exact) mass is 517 g/mol. The third kappa shape index (κ3) is 3.95. The summed E-state index contributed by atoms with van der Waals surface area (Å²) in [6.45, 7) is 12.8. The van der Waals surface area contributed by atoms with Gasteiger partial charge in [-0.05, 0) is 75.7 Å². The average Bonchev–Trinajstić information content (AvgIpc) is 3.28. The first-order valence-corrected chi connectivity index (χ1v) is 15.4. The van der Waals surface area contributed by atoms with Crippen LogP contribution in [0.2, 0.25) is 0 Å². The number of Topliss-reactive ketones (excluding diaryl/α,β-unsaturated/α-hetero) is 1. The fourth-order valence-electron chi connectivity index (χ4n) is 9.38. The number of hydrogen-bond acceptors (Lipinski definition) is 6. The number of carbonyl (C=O) groups is 2. The van der Waals surface area contributed by atoms with Crippen molar-refractivity contribution in [2.24, 2.45) is 34.0 Å². The van der Waals surface area contributed by atoms with E-state index in [1.54, 1.807) is 11.8 Å². The van der Waals surface area contributed by atoms with Crippen LogP contribution in [0.25, 0.3) is 0 Å². The van der Waals surface area contributed by atoms with E-state index in [2.05, 4.69) is 46.2 Å². The summed E-state index contributed by atoms with van der Waals surface area (Å²) < 4.78 is 6.42. The summed E-state index contributed by atoms with van der Waals surface area (Å²) in [7, 11) is 2.24. The number of fused-ring (bicyclic) bond motifs is 2. The van der Waals surface area contributed by atoms with Gasteiger partial charge < -0.3 is 14.7 Å². The quantitative estimate of drug-likeness (QED) is 0.397. The molecule has 0 radical (unpaired) electrons. The minimum absolute atomic E-state index is 0.00390. The van der Waals surface area contributed by atoms with Crippen molar-refractivity contribution in [3.63, 3.8) is 0 Å². The van der Waals surface area contributed by atoms with Crippen molar-refractivity contribution in [2.45, 2.75) is 115 Å². The van der Waals surface area contributed by atoms with Gasteiger partial charge in [-0.3, -0.25) is 9.59 Å². The lowest BCUT2D eigenvalue weighted by atomic mass is 9.44. The molecule has 2 saturated heterocycles. The Morgan fingerprint density at radius 3 is 2.50 bits per heavy atom. The molecule has 3 saturated carbocycles. The van der Waals surface area contributed by atoms with Gasteiger partial charge in [0.15, 0.2) is 0 Å². The first-order valence-electron chi connectivity index (χ1n) is 14.3. The van der Waals surface area contributed by atoms with Crippen molar-refractivity contribution >= 4 is 23.5 Å². The molecule has 0 spiro atoms. The number of rotatable bonds is 5. The standard InChI is InChI=1S/C30H47NO4S/c1-7-28(4)16-24(35-25(33)17-36-22-14-20-8-9-21(15-22)31(20)6)29(5)18(2)10-12-30(19(3)27(28)34)13-11-23(32)26(29)30/h7,18-22,24,26-27,34H,1,8-17H2,2-6H3/t18-,19+,20-,21+,22?,24-,26+,27+,28-,29?,30+/m1/s1. The number of hydrogen-bond donors (Lipinski definition) is 1. The molecule has 5 fully saturated rings. The normalized spacial score (nSPS) is 50.8. The molecular weight excluding hydrogens is 470 g/mol. The van der Waals surface area contributed by atoms with Crippen LogP contribution in [0, 0.1) is 34.0 Å². The third-order valence-electron chi connectivity index (χ3n) is 12.1. The molecule has 0 amide bonds. The predicted molar refractivity (Wildman–Crippen MR) is 145 cm³/mol. The Labute approximate surface area is 222 Å². The Balaban J connectivity index is 1.39. The Hall–Kier alpha value is -0.850. The highest BCUT2D eigenvalue weighted by molar-refractivity contribution is 8.00. The van der Waals surface area contributed by atoms with Crippen molar-refractivity contribution in [1.82, 2.24) is 4.90 Å². The van der Waals surface area contributed by atoms with Crippen LogP contribution in [-0.2, 0) is 14.3 Å². The maximum absolute atomic E-state index is 13.5. The fraction of sp³-hybridized carbons (Fsp3) is 0.867. The summed E-state index contributed by atoms with van der Waals surface area (Å²) in [6.07, 6.45) is 9.58. The minimum Gasteiger partial charge on any atom is -0.461 e. The van der Waals surface area contributed by atoms with Crippen LogP contribution in [0.3, 0.4) is 0 Å². The Morgan fingerprint density at radius 2 is 1.86 bits per heavy atom. The molecule has 1 N–H and O–H groups in total. The molecular formula is C30H47NO4S. The maximum Gasteiger partial charge on any atom is 0.316 e. The molecule has 0 aromatic heterocycles. The summed E-state index contributed by atoms with van der Waals surface area (Å²) in [4.78, 5) is 29.4. The molecule has 0 aromatic rings. The van der Waals surface area contributed by atoms with E-state index in [-0.39, 0.29) is 29.1 Å². The van der Waals surface area contributed by atoms with E-state index in [1.807, 2.05) is 6.08 Å². The van der Waals surface area contributed by atoms with Gasteiger partial charge in [-0.25, -0.2) is 0 Å². The van der Waals surface area contributed by atoms with E-state index < -0.39 is 23.0 Å². The Bertz CT molecular complexity index is 895. The number of thioether (sulfide) groups is 1. The van der Waals surface area contributed by atoms with Gasteiger partial charge in [-0.2, -0.15) is 0 Å². The maximum atomic E-state index is 13.5. The Morgan fingerprint density at radius 1 is 1.19 bits per heavy atom. The van der Waals surface area contributed by atoms with Crippen molar-refractivity contribution in [3.05, 3.63) is 12.7 Å². The summed E-state index contributed by atoms with van der Waals surface area (Å²) >= 11 is 1.76. The summed E-state index contributed by atoms with van der Waals surface area (Å²) in [6, 6.07) is 1.31. The molecule has 5 rings (SSSR count). The van der Waals surface area contributed by atoms with Crippen molar-refractivity contribution in [3.8, 4) is 0 Å². The molecule has 0 aromatic carbocycles. The molecule has 11 atom stereocenters. The number of nitrogens with zero attached hydrogens (tertiary/aromatic N) is 1. The van der Waals surface area contributed by atoms with Crippen molar-refractivity contribution < 1.29 is 19.4 Å². The molecule has 5 aliphatic rings. The minimum atomic E-state index is -0.619. The van der Waals surface area contributed by atoms with Gasteiger partial charge >= 0.3 is 5.97 Å².